The number of urea groups is 1. The van der Waals surface area contributed by atoms with E-state index < -0.39 is 22.5 Å². The van der Waals surface area contributed by atoms with Crippen LogP contribution in [0.3, 0.4) is 0 Å². The van der Waals surface area contributed by atoms with Crippen molar-refractivity contribution in [1.29, 1.82) is 0 Å². The Labute approximate surface area is 270 Å². The number of benzene rings is 5. The highest BCUT2D eigenvalue weighted by molar-refractivity contribution is 6.09. The summed E-state index contributed by atoms with van der Waals surface area (Å²) in [5.41, 5.74) is 1.77. The van der Waals surface area contributed by atoms with Crippen LogP contribution < -0.4 is 19.9 Å². The van der Waals surface area contributed by atoms with Crippen LogP contribution in [-0.4, -0.2) is 30.0 Å². The molecule has 5 aromatic rings. The molecule has 0 radical (unpaired) electrons. The molecular weight excluding hydrogens is 596 g/mol. The summed E-state index contributed by atoms with van der Waals surface area (Å²) in [6.07, 6.45) is 0. The Kier molecular flexibility index (Phi) is 7.32. The molecule has 1 spiro atoms. The van der Waals surface area contributed by atoms with Crippen LogP contribution >= 0.6 is 0 Å². The lowest BCUT2D eigenvalue weighted by molar-refractivity contribution is -0.384. The summed E-state index contributed by atoms with van der Waals surface area (Å²) in [6.45, 7) is 5.61. The summed E-state index contributed by atoms with van der Waals surface area (Å²) in [6, 6.07) is 32.5. The topological polar surface area (TPSA) is 114 Å². The summed E-state index contributed by atoms with van der Waals surface area (Å²) >= 11 is 0. The van der Waals surface area contributed by atoms with Crippen molar-refractivity contribution in [2.45, 2.75) is 19.4 Å². The SMILES string of the molecule is CCN(CC)c1ccc2c(c1)Oc1cc([N+](=O)[O-])c(N(C(=O)Nc3ccccc3)c3ccccc3)cc1C21OC(=O)c2ccccc21. The zero-order chi connectivity index (χ0) is 32.7. The zero-order valence-electron chi connectivity index (χ0n) is 25.7. The van der Waals surface area contributed by atoms with E-state index in [4.69, 9.17) is 9.47 Å². The number of carbonyl (C=O) groups is 2. The van der Waals surface area contributed by atoms with Crippen molar-refractivity contribution in [3.05, 3.63) is 148 Å². The minimum atomic E-state index is -1.50. The molecule has 2 amide bonds. The first-order valence-electron chi connectivity index (χ1n) is 15.3. The molecule has 10 heteroatoms. The van der Waals surface area contributed by atoms with Gasteiger partial charge in [0.05, 0.1) is 27.8 Å². The fourth-order valence-electron chi connectivity index (χ4n) is 6.44. The van der Waals surface area contributed by atoms with E-state index in [1.165, 1.54) is 17.0 Å². The molecule has 234 valence electrons. The molecule has 1 unspecified atom stereocenters. The van der Waals surface area contributed by atoms with Gasteiger partial charge in [-0.15, -0.1) is 0 Å². The molecule has 0 fully saturated rings. The van der Waals surface area contributed by atoms with Gasteiger partial charge in [0.25, 0.3) is 5.69 Å². The first kappa shape index (κ1) is 29.5. The van der Waals surface area contributed by atoms with Gasteiger partial charge in [0.15, 0.2) is 5.60 Å². The second kappa shape index (κ2) is 11.6. The number of rotatable bonds is 7. The highest BCUT2D eigenvalue weighted by atomic mass is 16.6. The largest absolute Gasteiger partial charge is 0.456 e. The van der Waals surface area contributed by atoms with E-state index in [1.807, 2.05) is 50.2 Å². The Morgan fingerprint density at radius 3 is 2.15 bits per heavy atom. The lowest BCUT2D eigenvalue weighted by Crippen LogP contribution is -2.35. The lowest BCUT2D eigenvalue weighted by atomic mass is 9.77. The number of nitro benzene ring substituents is 1. The van der Waals surface area contributed by atoms with Crippen LogP contribution in [0.2, 0.25) is 0 Å². The van der Waals surface area contributed by atoms with Crippen LogP contribution in [-0.2, 0) is 10.3 Å². The minimum absolute atomic E-state index is 0.0278. The molecule has 1 N–H and O–H groups in total. The summed E-state index contributed by atoms with van der Waals surface area (Å²) in [5, 5.41) is 15.6. The third kappa shape index (κ3) is 4.82. The van der Waals surface area contributed by atoms with E-state index in [-0.39, 0.29) is 17.1 Å². The molecule has 2 aliphatic rings. The number of fused-ring (bicyclic) bond motifs is 6. The van der Waals surface area contributed by atoms with Crippen molar-refractivity contribution in [1.82, 2.24) is 0 Å². The summed E-state index contributed by atoms with van der Waals surface area (Å²) < 4.78 is 12.8. The number of nitrogens with zero attached hydrogens (tertiary/aromatic N) is 3. The van der Waals surface area contributed by atoms with Gasteiger partial charge in [0.2, 0.25) is 0 Å². The van der Waals surface area contributed by atoms with E-state index in [1.54, 1.807) is 66.7 Å². The number of ether oxygens (including phenoxy) is 2. The van der Waals surface area contributed by atoms with E-state index in [0.29, 0.717) is 39.4 Å². The van der Waals surface area contributed by atoms with E-state index in [2.05, 4.69) is 10.2 Å². The summed E-state index contributed by atoms with van der Waals surface area (Å²) in [5.74, 6) is 0.0228. The first-order valence-corrected chi connectivity index (χ1v) is 15.3. The molecule has 5 aromatic carbocycles. The number of hydrogen-bond acceptors (Lipinski definition) is 7. The molecule has 7 rings (SSSR count). The molecule has 2 aliphatic heterocycles. The predicted octanol–water partition coefficient (Wildman–Crippen LogP) is 8.38. The molecule has 2 heterocycles. The number of nitro groups is 1. The number of nitrogens with one attached hydrogen (secondary N) is 1. The lowest BCUT2D eigenvalue weighted by Gasteiger charge is -2.37. The van der Waals surface area contributed by atoms with E-state index in [9.17, 15) is 19.7 Å². The van der Waals surface area contributed by atoms with Crippen molar-refractivity contribution >= 4 is 40.4 Å². The van der Waals surface area contributed by atoms with E-state index in [0.717, 1.165) is 18.8 Å². The molecule has 1 atom stereocenters. The summed E-state index contributed by atoms with van der Waals surface area (Å²) in [7, 11) is 0. The second-order valence-corrected chi connectivity index (χ2v) is 11.1. The molecule has 0 saturated heterocycles. The standard InChI is InChI=1S/C37H30N4O6/c1-3-39(4-2)26-19-20-29-33(21-26)46-34-23-32(41(44)45)31(22-30(34)37(29)28-18-12-11-17-27(28)35(42)47-37)40(25-15-9-6-10-16-25)36(43)38-24-13-7-5-8-14-24/h5-23H,3-4H2,1-2H3,(H,38,43). The molecule has 0 saturated carbocycles. The average Bonchev–Trinajstić information content (AvgIpc) is 3.38. The van der Waals surface area contributed by atoms with Crippen LogP contribution in [0.15, 0.2) is 115 Å². The minimum Gasteiger partial charge on any atom is -0.456 e. The van der Waals surface area contributed by atoms with Crippen LogP contribution in [0.1, 0.15) is 40.9 Å². The number of amides is 2. The maximum atomic E-state index is 14.0. The van der Waals surface area contributed by atoms with Gasteiger partial charge in [0, 0.05) is 41.7 Å². The third-order valence-electron chi connectivity index (χ3n) is 8.60. The molecular formula is C37H30N4O6. The molecule has 47 heavy (non-hydrogen) atoms. The highest BCUT2D eigenvalue weighted by Gasteiger charge is 2.54. The fourth-order valence-corrected chi connectivity index (χ4v) is 6.44. The first-order chi connectivity index (χ1) is 22.8. The maximum Gasteiger partial charge on any atom is 0.340 e. The number of anilines is 4. The number of para-hydroxylation sites is 2. The van der Waals surface area contributed by atoms with Gasteiger partial charge in [-0.1, -0.05) is 54.6 Å². The van der Waals surface area contributed by atoms with Gasteiger partial charge in [-0.2, -0.15) is 0 Å². The molecule has 0 aromatic heterocycles. The Bertz CT molecular complexity index is 2030. The fraction of sp³-hybridized carbons (Fsp3) is 0.135. The highest BCUT2D eigenvalue weighted by Crippen LogP contribution is 2.58. The number of esters is 1. The predicted molar refractivity (Wildman–Crippen MR) is 179 cm³/mol. The van der Waals surface area contributed by atoms with Crippen molar-refractivity contribution < 1.29 is 24.0 Å². The second-order valence-electron chi connectivity index (χ2n) is 11.1. The van der Waals surface area contributed by atoms with Crippen LogP contribution in [0.25, 0.3) is 0 Å². The zero-order valence-corrected chi connectivity index (χ0v) is 25.7. The van der Waals surface area contributed by atoms with Gasteiger partial charge >= 0.3 is 12.0 Å². The number of hydrogen-bond donors (Lipinski definition) is 1. The average molecular weight is 627 g/mol. The van der Waals surface area contributed by atoms with Crippen molar-refractivity contribution in [3.63, 3.8) is 0 Å². The van der Waals surface area contributed by atoms with Gasteiger partial charge in [0.1, 0.15) is 17.2 Å². The van der Waals surface area contributed by atoms with Crippen LogP contribution in [0.5, 0.6) is 11.5 Å². The Balaban J connectivity index is 1.49. The van der Waals surface area contributed by atoms with Crippen LogP contribution in [0.4, 0.5) is 33.2 Å². The van der Waals surface area contributed by atoms with Gasteiger partial charge in [-0.25, -0.2) is 9.59 Å². The Hall–Kier alpha value is -6.16. The maximum absolute atomic E-state index is 14.0. The quantitative estimate of drug-likeness (QED) is 0.110. The third-order valence-corrected chi connectivity index (χ3v) is 8.60. The van der Waals surface area contributed by atoms with Crippen molar-refractivity contribution in [3.8, 4) is 11.5 Å². The Morgan fingerprint density at radius 2 is 1.45 bits per heavy atom. The molecule has 0 bridgehead atoms. The van der Waals surface area contributed by atoms with Crippen molar-refractivity contribution in [2.24, 2.45) is 0 Å². The van der Waals surface area contributed by atoms with Gasteiger partial charge < -0.3 is 19.7 Å². The molecule has 0 aliphatic carbocycles. The summed E-state index contributed by atoms with van der Waals surface area (Å²) in [4.78, 5) is 43.2. The number of carbonyl (C=O) groups excluding carboxylic acids is 2. The van der Waals surface area contributed by atoms with Crippen LogP contribution in [0, 0.1) is 10.1 Å². The van der Waals surface area contributed by atoms with E-state index >= 15 is 0 Å². The normalized spacial score (nSPS) is 15.5. The monoisotopic (exact) mass is 626 g/mol. The van der Waals surface area contributed by atoms with Gasteiger partial charge in [-0.3, -0.25) is 15.0 Å². The van der Waals surface area contributed by atoms with Gasteiger partial charge in [-0.05, 0) is 62.4 Å². The van der Waals surface area contributed by atoms with Crippen molar-refractivity contribution in [2.75, 3.05) is 28.2 Å². The Morgan fingerprint density at radius 1 is 0.787 bits per heavy atom. The smallest absolute Gasteiger partial charge is 0.340 e. The molecule has 10 nitrogen and oxygen atoms in total.